The number of hydrogen-bond acceptors (Lipinski definition) is 6. The molecule has 74 valence electrons. The summed E-state index contributed by atoms with van der Waals surface area (Å²) in [7, 11) is 0. The maximum Gasteiger partial charge on any atom is 0.144 e. The van der Waals surface area contributed by atoms with E-state index in [1.54, 1.807) is 0 Å². The van der Waals surface area contributed by atoms with Gasteiger partial charge in [-0.1, -0.05) is 0 Å². The summed E-state index contributed by atoms with van der Waals surface area (Å²) in [5, 5.41) is 23.5. The molecule has 0 saturated heterocycles. The van der Waals surface area contributed by atoms with Crippen molar-refractivity contribution < 1.29 is 10.2 Å². The van der Waals surface area contributed by atoms with Gasteiger partial charge in [0.15, 0.2) is 0 Å². The molecule has 0 radical (unpaired) electrons. The Kier molecular flexibility index (Phi) is 7.26. The molecule has 0 fully saturated rings. The smallest absolute Gasteiger partial charge is 0.144 e. The molecule has 0 aliphatic carbocycles. The molecule has 0 amide bonds. The molecule has 0 heterocycles. The third-order valence-corrected chi connectivity index (χ3v) is 1.29. The van der Waals surface area contributed by atoms with Crippen molar-refractivity contribution in [3.05, 3.63) is 0 Å². The highest BCUT2D eigenvalue weighted by atomic mass is 16.4. The van der Waals surface area contributed by atoms with Gasteiger partial charge >= 0.3 is 0 Å². The fourth-order valence-corrected chi connectivity index (χ4v) is 0.686. The molecule has 2 atom stereocenters. The molecule has 0 aromatic heterocycles. The first-order chi connectivity index (χ1) is 5.72. The Balaban J connectivity index is 3.39. The molecule has 6 heteroatoms. The van der Waals surface area contributed by atoms with Crippen LogP contribution in [0.3, 0.4) is 0 Å². The minimum absolute atomic E-state index is 0.417. The number of aliphatic hydroxyl groups is 2. The first kappa shape index (κ1) is 11.8. The molecule has 12 heavy (non-hydrogen) atoms. The average Bonchev–Trinajstić information content (AvgIpc) is 2.10. The zero-order chi connectivity index (χ0) is 9.40. The summed E-state index contributed by atoms with van der Waals surface area (Å²) in [5.74, 6) is 0. The average molecular weight is 178 g/mol. The minimum Gasteiger partial charge on any atom is -0.374 e. The van der Waals surface area contributed by atoms with Crippen LogP contribution in [0.1, 0.15) is 0 Å². The Morgan fingerprint density at radius 3 is 1.50 bits per heavy atom. The SMILES string of the molecule is NCCNC(O)C(O)NCCN. The third-order valence-electron chi connectivity index (χ3n) is 1.29. The highest BCUT2D eigenvalue weighted by Crippen LogP contribution is 1.82. The third kappa shape index (κ3) is 5.42. The van der Waals surface area contributed by atoms with Crippen LogP contribution in [0.15, 0.2) is 0 Å². The fraction of sp³-hybridized carbons (Fsp3) is 1.00. The van der Waals surface area contributed by atoms with Crippen molar-refractivity contribution >= 4 is 0 Å². The normalized spacial score (nSPS) is 16.0. The Labute approximate surface area is 71.9 Å². The molecule has 0 aliphatic heterocycles. The fourth-order valence-electron chi connectivity index (χ4n) is 0.686. The molecular weight excluding hydrogens is 160 g/mol. The number of rotatable bonds is 7. The van der Waals surface area contributed by atoms with Crippen LogP contribution in [0.25, 0.3) is 0 Å². The number of nitrogens with two attached hydrogens (primary N) is 2. The predicted octanol–water partition coefficient (Wildman–Crippen LogP) is -3.28. The van der Waals surface area contributed by atoms with Crippen molar-refractivity contribution in [2.75, 3.05) is 26.2 Å². The van der Waals surface area contributed by atoms with Crippen LogP contribution in [-0.4, -0.2) is 48.8 Å². The van der Waals surface area contributed by atoms with E-state index in [0.29, 0.717) is 26.2 Å². The first-order valence-corrected chi connectivity index (χ1v) is 3.95. The van der Waals surface area contributed by atoms with Crippen LogP contribution in [-0.2, 0) is 0 Å². The van der Waals surface area contributed by atoms with Crippen LogP contribution >= 0.6 is 0 Å². The van der Waals surface area contributed by atoms with Gasteiger partial charge in [0, 0.05) is 26.2 Å². The topological polar surface area (TPSA) is 117 Å². The van der Waals surface area contributed by atoms with Crippen LogP contribution in [0, 0.1) is 0 Å². The second-order valence-corrected chi connectivity index (χ2v) is 2.38. The lowest BCUT2D eigenvalue weighted by Gasteiger charge is -2.19. The molecular formula is C6H18N4O2. The van der Waals surface area contributed by atoms with Crippen molar-refractivity contribution in [3.8, 4) is 0 Å². The highest BCUT2D eigenvalue weighted by Gasteiger charge is 2.12. The van der Waals surface area contributed by atoms with Gasteiger partial charge in [-0.25, -0.2) is 0 Å². The van der Waals surface area contributed by atoms with Gasteiger partial charge in [0.25, 0.3) is 0 Å². The van der Waals surface area contributed by atoms with Gasteiger partial charge in [-0.15, -0.1) is 0 Å². The summed E-state index contributed by atoms with van der Waals surface area (Å²) in [6, 6.07) is 0. The lowest BCUT2D eigenvalue weighted by molar-refractivity contribution is -0.0193. The Hall–Kier alpha value is -0.240. The van der Waals surface area contributed by atoms with Gasteiger partial charge in [0.1, 0.15) is 12.5 Å². The van der Waals surface area contributed by atoms with Gasteiger partial charge < -0.3 is 21.7 Å². The van der Waals surface area contributed by atoms with Crippen LogP contribution < -0.4 is 22.1 Å². The lowest BCUT2D eigenvalue weighted by Crippen LogP contribution is -2.50. The van der Waals surface area contributed by atoms with Gasteiger partial charge in [0.05, 0.1) is 0 Å². The summed E-state index contributed by atoms with van der Waals surface area (Å²) < 4.78 is 0. The molecule has 0 saturated carbocycles. The quantitative estimate of drug-likeness (QED) is 0.228. The predicted molar refractivity (Wildman–Crippen MR) is 46.1 cm³/mol. The maximum absolute atomic E-state index is 9.16. The summed E-state index contributed by atoms with van der Waals surface area (Å²) in [6.45, 7) is 1.76. The number of nitrogens with one attached hydrogen (secondary N) is 2. The van der Waals surface area contributed by atoms with E-state index in [-0.39, 0.29) is 0 Å². The van der Waals surface area contributed by atoms with E-state index in [0.717, 1.165) is 0 Å². The highest BCUT2D eigenvalue weighted by molar-refractivity contribution is 4.63. The van der Waals surface area contributed by atoms with E-state index in [1.807, 2.05) is 0 Å². The van der Waals surface area contributed by atoms with Gasteiger partial charge in [-0.3, -0.25) is 10.6 Å². The van der Waals surface area contributed by atoms with Crippen LogP contribution in [0.5, 0.6) is 0 Å². The Morgan fingerprint density at radius 2 is 1.25 bits per heavy atom. The monoisotopic (exact) mass is 178 g/mol. The first-order valence-electron chi connectivity index (χ1n) is 3.95. The van der Waals surface area contributed by atoms with Crippen molar-refractivity contribution in [1.82, 2.24) is 10.6 Å². The molecule has 8 N–H and O–H groups in total. The van der Waals surface area contributed by atoms with Crippen molar-refractivity contribution in [1.29, 1.82) is 0 Å². The molecule has 0 spiro atoms. The standard InChI is InChI=1S/C6H18N4O2/c7-1-3-9-5(11)6(12)10-4-2-8/h5-6,9-12H,1-4,7-8H2. The van der Waals surface area contributed by atoms with Crippen molar-refractivity contribution in [2.24, 2.45) is 11.5 Å². The molecule has 0 rings (SSSR count). The molecule has 6 nitrogen and oxygen atoms in total. The van der Waals surface area contributed by atoms with E-state index < -0.39 is 12.5 Å². The van der Waals surface area contributed by atoms with E-state index in [9.17, 15) is 0 Å². The number of hydrogen-bond donors (Lipinski definition) is 6. The second kappa shape index (κ2) is 7.41. The van der Waals surface area contributed by atoms with Gasteiger partial charge in [-0.05, 0) is 0 Å². The van der Waals surface area contributed by atoms with Gasteiger partial charge in [-0.2, -0.15) is 0 Å². The van der Waals surface area contributed by atoms with E-state index in [2.05, 4.69) is 10.6 Å². The van der Waals surface area contributed by atoms with Crippen LogP contribution in [0.2, 0.25) is 0 Å². The van der Waals surface area contributed by atoms with Gasteiger partial charge in [0.2, 0.25) is 0 Å². The maximum atomic E-state index is 9.16. The zero-order valence-electron chi connectivity index (χ0n) is 7.03. The van der Waals surface area contributed by atoms with Crippen molar-refractivity contribution in [2.45, 2.75) is 12.5 Å². The largest absolute Gasteiger partial charge is 0.374 e. The summed E-state index contributed by atoms with van der Waals surface area (Å²) >= 11 is 0. The molecule has 0 bridgehead atoms. The number of aliphatic hydroxyl groups excluding tert-OH is 2. The molecule has 0 aromatic rings. The summed E-state index contributed by atoms with van der Waals surface area (Å²) in [6.07, 6.45) is -2.00. The summed E-state index contributed by atoms with van der Waals surface area (Å²) in [4.78, 5) is 0. The van der Waals surface area contributed by atoms with E-state index in [4.69, 9.17) is 21.7 Å². The molecule has 0 aromatic carbocycles. The molecule has 2 unspecified atom stereocenters. The molecule has 0 aliphatic rings. The van der Waals surface area contributed by atoms with Crippen LogP contribution in [0.4, 0.5) is 0 Å². The Morgan fingerprint density at radius 1 is 0.917 bits per heavy atom. The summed E-state index contributed by atoms with van der Waals surface area (Å²) in [5.41, 5.74) is 10.4. The Bertz CT molecular complexity index is 91.5. The van der Waals surface area contributed by atoms with E-state index >= 15 is 0 Å². The second-order valence-electron chi connectivity index (χ2n) is 2.38. The zero-order valence-corrected chi connectivity index (χ0v) is 7.03. The van der Waals surface area contributed by atoms with Crippen molar-refractivity contribution in [3.63, 3.8) is 0 Å². The lowest BCUT2D eigenvalue weighted by atomic mass is 10.4. The van der Waals surface area contributed by atoms with E-state index in [1.165, 1.54) is 0 Å². The minimum atomic E-state index is -1.000.